The van der Waals surface area contributed by atoms with Crippen molar-refractivity contribution in [2.24, 2.45) is 0 Å². The van der Waals surface area contributed by atoms with E-state index < -0.39 is 0 Å². The van der Waals surface area contributed by atoms with Gasteiger partial charge in [-0.15, -0.1) is 0 Å². The molecule has 2 rings (SSSR count). The van der Waals surface area contributed by atoms with E-state index in [-0.39, 0.29) is 11.9 Å². The minimum Gasteiger partial charge on any atom is -0.349 e. The van der Waals surface area contributed by atoms with Crippen LogP contribution in [0.5, 0.6) is 0 Å². The minimum atomic E-state index is -0.0348. The van der Waals surface area contributed by atoms with E-state index in [1.807, 2.05) is 43.3 Å². The van der Waals surface area contributed by atoms with E-state index in [2.05, 4.69) is 40.3 Å². The molecule has 2 aromatic carbocycles. The van der Waals surface area contributed by atoms with Crippen molar-refractivity contribution in [2.75, 3.05) is 0 Å². The molecule has 1 unspecified atom stereocenters. The standard InChI is InChI=1S/C17H18BrNO/c1-12-6-3-4-7-14(12)10-13(2)19-17(20)15-8-5-9-16(18)11-15/h3-9,11,13H,10H2,1-2H3,(H,19,20). The summed E-state index contributed by atoms with van der Waals surface area (Å²) in [5, 5.41) is 3.04. The zero-order valence-corrected chi connectivity index (χ0v) is 13.3. The van der Waals surface area contributed by atoms with Gasteiger partial charge in [0.25, 0.3) is 5.91 Å². The molecule has 0 aliphatic heterocycles. The summed E-state index contributed by atoms with van der Waals surface area (Å²) in [5.41, 5.74) is 3.21. The van der Waals surface area contributed by atoms with Crippen LogP contribution >= 0.6 is 15.9 Å². The number of amides is 1. The van der Waals surface area contributed by atoms with Crippen LogP contribution in [0.25, 0.3) is 0 Å². The summed E-state index contributed by atoms with van der Waals surface area (Å²) < 4.78 is 0.914. The maximum absolute atomic E-state index is 12.2. The van der Waals surface area contributed by atoms with Gasteiger partial charge in [-0.2, -0.15) is 0 Å². The first kappa shape index (κ1) is 14.8. The molecule has 0 radical (unpaired) electrons. The molecule has 20 heavy (non-hydrogen) atoms. The second-order valence-electron chi connectivity index (χ2n) is 5.02. The number of hydrogen-bond acceptors (Lipinski definition) is 1. The molecule has 0 aromatic heterocycles. The molecule has 1 N–H and O–H groups in total. The second kappa shape index (κ2) is 6.71. The summed E-state index contributed by atoms with van der Waals surface area (Å²) in [6.07, 6.45) is 0.840. The summed E-state index contributed by atoms with van der Waals surface area (Å²) >= 11 is 3.38. The van der Waals surface area contributed by atoms with Crippen LogP contribution in [0, 0.1) is 6.92 Å². The first-order valence-electron chi connectivity index (χ1n) is 6.67. The molecule has 0 heterocycles. The maximum Gasteiger partial charge on any atom is 0.251 e. The van der Waals surface area contributed by atoms with E-state index in [1.54, 1.807) is 0 Å². The fourth-order valence-electron chi connectivity index (χ4n) is 2.16. The number of rotatable bonds is 4. The third-order valence-corrected chi connectivity index (χ3v) is 3.74. The first-order chi connectivity index (χ1) is 9.56. The molecule has 0 spiro atoms. The Hall–Kier alpha value is -1.61. The summed E-state index contributed by atoms with van der Waals surface area (Å²) in [6.45, 7) is 4.13. The van der Waals surface area contributed by atoms with E-state index in [9.17, 15) is 4.79 Å². The number of halogens is 1. The summed E-state index contributed by atoms with van der Waals surface area (Å²) in [4.78, 5) is 12.2. The molecule has 1 atom stereocenters. The monoisotopic (exact) mass is 331 g/mol. The fraction of sp³-hybridized carbons (Fsp3) is 0.235. The topological polar surface area (TPSA) is 29.1 Å². The van der Waals surface area contributed by atoms with E-state index in [0.717, 1.165) is 10.9 Å². The van der Waals surface area contributed by atoms with Crippen molar-refractivity contribution in [1.82, 2.24) is 5.32 Å². The molecule has 0 saturated heterocycles. The van der Waals surface area contributed by atoms with Gasteiger partial charge in [0, 0.05) is 16.1 Å². The fourth-order valence-corrected chi connectivity index (χ4v) is 2.56. The minimum absolute atomic E-state index is 0.0348. The molecular formula is C17H18BrNO. The average molecular weight is 332 g/mol. The molecule has 2 nitrogen and oxygen atoms in total. The van der Waals surface area contributed by atoms with Crippen LogP contribution in [-0.2, 0) is 6.42 Å². The van der Waals surface area contributed by atoms with Gasteiger partial charge in [-0.3, -0.25) is 4.79 Å². The van der Waals surface area contributed by atoms with Gasteiger partial charge in [-0.1, -0.05) is 46.3 Å². The van der Waals surface area contributed by atoms with E-state index in [4.69, 9.17) is 0 Å². The third kappa shape index (κ3) is 3.94. The first-order valence-corrected chi connectivity index (χ1v) is 7.46. The summed E-state index contributed by atoms with van der Waals surface area (Å²) in [6, 6.07) is 15.8. The van der Waals surface area contributed by atoms with Crippen LogP contribution in [0.3, 0.4) is 0 Å². The quantitative estimate of drug-likeness (QED) is 0.897. The van der Waals surface area contributed by atoms with Crippen LogP contribution in [0.2, 0.25) is 0 Å². The normalized spacial score (nSPS) is 11.9. The van der Waals surface area contributed by atoms with Crippen LogP contribution in [-0.4, -0.2) is 11.9 Å². The Morgan fingerprint density at radius 3 is 2.65 bits per heavy atom. The summed E-state index contributed by atoms with van der Waals surface area (Å²) in [5.74, 6) is -0.0348. The molecule has 0 bridgehead atoms. The van der Waals surface area contributed by atoms with Gasteiger partial charge in [-0.25, -0.2) is 0 Å². The molecule has 104 valence electrons. The molecule has 3 heteroatoms. The van der Waals surface area contributed by atoms with Gasteiger partial charge < -0.3 is 5.32 Å². The zero-order chi connectivity index (χ0) is 14.5. The van der Waals surface area contributed by atoms with Crippen LogP contribution in [0.15, 0.2) is 53.0 Å². The average Bonchev–Trinajstić information content (AvgIpc) is 2.41. The van der Waals surface area contributed by atoms with Crippen molar-refractivity contribution in [3.05, 3.63) is 69.7 Å². The summed E-state index contributed by atoms with van der Waals surface area (Å²) in [7, 11) is 0. The van der Waals surface area contributed by atoms with Gasteiger partial charge in [0.1, 0.15) is 0 Å². The highest BCUT2D eigenvalue weighted by atomic mass is 79.9. The Bertz CT molecular complexity index is 609. The van der Waals surface area contributed by atoms with Crippen LogP contribution < -0.4 is 5.32 Å². The number of benzene rings is 2. The Kier molecular flexibility index (Phi) is 4.96. The molecule has 1 amide bonds. The van der Waals surface area contributed by atoms with Crippen molar-refractivity contribution in [3.8, 4) is 0 Å². The lowest BCUT2D eigenvalue weighted by atomic mass is 10.0. The van der Waals surface area contributed by atoms with Crippen LogP contribution in [0.1, 0.15) is 28.4 Å². The van der Waals surface area contributed by atoms with Gasteiger partial charge in [-0.05, 0) is 49.6 Å². The second-order valence-corrected chi connectivity index (χ2v) is 5.93. The molecule has 2 aromatic rings. The highest BCUT2D eigenvalue weighted by Gasteiger charge is 2.11. The van der Waals surface area contributed by atoms with Gasteiger partial charge in [0.05, 0.1) is 0 Å². The number of carbonyl (C=O) groups excluding carboxylic acids is 1. The highest BCUT2D eigenvalue weighted by molar-refractivity contribution is 9.10. The number of nitrogens with one attached hydrogen (secondary N) is 1. The Morgan fingerprint density at radius 2 is 1.95 bits per heavy atom. The Labute approximate surface area is 128 Å². The highest BCUT2D eigenvalue weighted by Crippen LogP contribution is 2.13. The smallest absolute Gasteiger partial charge is 0.251 e. The van der Waals surface area contributed by atoms with Crippen molar-refractivity contribution >= 4 is 21.8 Å². The van der Waals surface area contributed by atoms with E-state index in [0.29, 0.717) is 5.56 Å². The molecule has 0 aliphatic rings. The van der Waals surface area contributed by atoms with Crippen molar-refractivity contribution < 1.29 is 4.79 Å². The SMILES string of the molecule is Cc1ccccc1CC(C)NC(=O)c1cccc(Br)c1. The van der Waals surface area contributed by atoms with Gasteiger partial charge in [0.15, 0.2) is 0 Å². The Morgan fingerprint density at radius 1 is 1.20 bits per heavy atom. The predicted molar refractivity (Wildman–Crippen MR) is 86.0 cm³/mol. The molecular weight excluding hydrogens is 314 g/mol. The third-order valence-electron chi connectivity index (χ3n) is 3.25. The van der Waals surface area contributed by atoms with E-state index in [1.165, 1.54) is 11.1 Å². The Balaban J connectivity index is 2.00. The molecule has 0 fully saturated rings. The lowest BCUT2D eigenvalue weighted by molar-refractivity contribution is 0.0940. The lowest BCUT2D eigenvalue weighted by Gasteiger charge is -2.15. The van der Waals surface area contributed by atoms with E-state index >= 15 is 0 Å². The molecule has 0 aliphatic carbocycles. The number of hydrogen-bond donors (Lipinski definition) is 1. The predicted octanol–water partition coefficient (Wildman–Crippen LogP) is 4.12. The van der Waals surface area contributed by atoms with Crippen molar-refractivity contribution in [2.45, 2.75) is 26.3 Å². The molecule has 0 saturated carbocycles. The largest absolute Gasteiger partial charge is 0.349 e. The van der Waals surface area contributed by atoms with Crippen molar-refractivity contribution in [1.29, 1.82) is 0 Å². The van der Waals surface area contributed by atoms with Gasteiger partial charge >= 0.3 is 0 Å². The number of carbonyl (C=O) groups is 1. The zero-order valence-electron chi connectivity index (χ0n) is 11.7. The lowest BCUT2D eigenvalue weighted by Crippen LogP contribution is -2.34. The number of aryl methyl sites for hydroxylation is 1. The van der Waals surface area contributed by atoms with Crippen molar-refractivity contribution in [3.63, 3.8) is 0 Å². The van der Waals surface area contributed by atoms with Gasteiger partial charge in [0.2, 0.25) is 0 Å². The van der Waals surface area contributed by atoms with Crippen LogP contribution in [0.4, 0.5) is 0 Å². The maximum atomic E-state index is 12.2.